The maximum absolute atomic E-state index is 12.2. The maximum atomic E-state index is 12.2. The molecular weight excluding hydrogens is 483 g/mol. The van der Waals surface area contributed by atoms with Crippen molar-refractivity contribution in [1.29, 1.82) is 0 Å². The number of carbonyl (C=O) groups excluding carboxylic acids is 2. The van der Waals surface area contributed by atoms with Crippen LogP contribution in [-0.2, 0) is 17.8 Å². The minimum absolute atomic E-state index is 0.0616. The highest BCUT2D eigenvalue weighted by Crippen LogP contribution is 2.28. The van der Waals surface area contributed by atoms with Gasteiger partial charge >= 0.3 is 0 Å². The number of imidazole rings is 1. The third-order valence-electron chi connectivity index (χ3n) is 5.69. The summed E-state index contributed by atoms with van der Waals surface area (Å²) in [6.07, 6.45) is 0.597. The Balaban J connectivity index is 1.53. The Morgan fingerprint density at radius 3 is 2.29 bits per heavy atom. The number of amides is 2. The molecule has 4 aromatic rings. The summed E-state index contributed by atoms with van der Waals surface area (Å²) in [5.74, 6) is 0.215. The molecule has 0 aliphatic heterocycles. The number of primary amides is 1. The summed E-state index contributed by atoms with van der Waals surface area (Å²) >= 11 is 12.2. The summed E-state index contributed by atoms with van der Waals surface area (Å²) in [5, 5.41) is 3.84. The summed E-state index contributed by atoms with van der Waals surface area (Å²) in [4.78, 5) is 32.2. The summed E-state index contributed by atoms with van der Waals surface area (Å²) in [5.41, 5.74) is 10.7. The van der Waals surface area contributed by atoms with Gasteiger partial charge in [-0.15, -0.1) is 0 Å². The molecule has 0 aliphatic rings. The van der Waals surface area contributed by atoms with Crippen LogP contribution in [0.3, 0.4) is 0 Å². The number of hydrogen-bond acceptors (Lipinski definition) is 3. The Labute approximate surface area is 213 Å². The molecule has 0 saturated heterocycles. The number of nitrogens with one attached hydrogen (secondary N) is 2. The number of aromatic nitrogens is 2. The van der Waals surface area contributed by atoms with Crippen LogP contribution in [0.1, 0.15) is 48.1 Å². The van der Waals surface area contributed by atoms with Crippen LogP contribution in [0.2, 0.25) is 10.0 Å². The van der Waals surface area contributed by atoms with E-state index in [9.17, 15) is 9.59 Å². The highest BCUT2D eigenvalue weighted by Gasteiger charge is 2.21. The number of nitrogens with two attached hydrogens (primary N) is 1. The van der Waals surface area contributed by atoms with Gasteiger partial charge in [0, 0.05) is 23.9 Å². The van der Waals surface area contributed by atoms with Gasteiger partial charge in [0.2, 0.25) is 11.8 Å². The highest BCUT2D eigenvalue weighted by atomic mass is 35.5. The molecule has 0 atom stereocenters. The number of rotatable bonds is 6. The van der Waals surface area contributed by atoms with E-state index in [1.165, 1.54) is 0 Å². The Morgan fingerprint density at radius 2 is 1.63 bits per heavy atom. The lowest BCUT2D eigenvalue weighted by molar-refractivity contribution is -0.128. The average Bonchev–Trinajstić information content (AvgIpc) is 3.18. The molecule has 2 amide bonds. The van der Waals surface area contributed by atoms with Gasteiger partial charge in [0.25, 0.3) is 0 Å². The topological polar surface area (TPSA) is 101 Å². The lowest BCUT2D eigenvalue weighted by atomic mass is 9.94. The van der Waals surface area contributed by atoms with Crippen LogP contribution in [0.5, 0.6) is 0 Å². The van der Waals surface area contributed by atoms with Gasteiger partial charge in [-0.2, -0.15) is 0 Å². The number of H-pyrrole nitrogens is 1. The second-order valence-corrected chi connectivity index (χ2v) is 10.3. The van der Waals surface area contributed by atoms with Gasteiger partial charge in [0.15, 0.2) is 0 Å². The smallest absolute Gasteiger partial charge is 0.249 e. The monoisotopic (exact) mass is 508 g/mol. The van der Waals surface area contributed by atoms with Crippen molar-refractivity contribution in [2.24, 2.45) is 11.1 Å². The fourth-order valence-corrected chi connectivity index (χ4v) is 4.06. The molecule has 0 bridgehead atoms. The van der Waals surface area contributed by atoms with Crippen molar-refractivity contribution in [3.8, 4) is 11.1 Å². The van der Waals surface area contributed by atoms with Crippen LogP contribution in [0, 0.1) is 5.41 Å². The van der Waals surface area contributed by atoms with E-state index in [-0.39, 0.29) is 5.91 Å². The first-order valence-corrected chi connectivity index (χ1v) is 11.9. The van der Waals surface area contributed by atoms with Gasteiger partial charge in [-0.1, -0.05) is 80.4 Å². The molecule has 0 saturated carbocycles. The van der Waals surface area contributed by atoms with Gasteiger partial charge in [-0.05, 0) is 40.5 Å². The third-order valence-corrected chi connectivity index (χ3v) is 6.42. The van der Waals surface area contributed by atoms with Crippen molar-refractivity contribution in [3.63, 3.8) is 0 Å². The Kier molecular flexibility index (Phi) is 6.88. The van der Waals surface area contributed by atoms with E-state index in [0.29, 0.717) is 28.6 Å². The van der Waals surface area contributed by atoms with Gasteiger partial charge in [0.1, 0.15) is 5.82 Å². The molecule has 0 unspecified atom stereocenters. The number of aromatic amines is 1. The normalized spacial score (nSPS) is 11.6. The fourth-order valence-electron chi connectivity index (χ4n) is 3.74. The lowest BCUT2D eigenvalue weighted by Gasteiger charge is -2.18. The zero-order valence-electron chi connectivity index (χ0n) is 19.7. The van der Waals surface area contributed by atoms with Crippen molar-refractivity contribution in [2.75, 3.05) is 0 Å². The zero-order valence-corrected chi connectivity index (χ0v) is 21.2. The average molecular weight is 509 g/mol. The molecule has 0 radical (unpaired) electrons. The first kappa shape index (κ1) is 24.8. The molecule has 1 heterocycles. The van der Waals surface area contributed by atoms with E-state index in [1.807, 2.05) is 57.2 Å². The summed E-state index contributed by atoms with van der Waals surface area (Å²) in [7, 11) is 0. The van der Waals surface area contributed by atoms with Crippen molar-refractivity contribution < 1.29 is 9.59 Å². The molecule has 35 heavy (non-hydrogen) atoms. The van der Waals surface area contributed by atoms with Crippen LogP contribution in [-0.4, -0.2) is 21.8 Å². The molecular formula is C27H26Cl2N4O2. The predicted octanol–water partition coefficient (Wildman–Crippen LogP) is 5.89. The molecule has 4 N–H and O–H groups in total. The van der Waals surface area contributed by atoms with Crippen LogP contribution in [0.25, 0.3) is 22.2 Å². The first-order chi connectivity index (χ1) is 16.5. The van der Waals surface area contributed by atoms with E-state index < -0.39 is 11.3 Å². The van der Waals surface area contributed by atoms with Gasteiger partial charge in [0.05, 0.1) is 21.1 Å². The van der Waals surface area contributed by atoms with Crippen LogP contribution in [0.15, 0.2) is 54.6 Å². The van der Waals surface area contributed by atoms with Crippen LogP contribution >= 0.6 is 23.2 Å². The van der Waals surface area contributed by atoms with Gasteiger partial charge in [-0.3, -0.25) is 9.59 Å². The Hall–Kier alpha value is -3.35. The first-order valence-electron chi connectivity index (χ1n) is 11.2. The largest absolute Gasteiger partial charge is 0.366 e. The molecule has 6 nitrogen and oxygen atoms in total. The van der Waals surface area contributed by atoms with E-state index in [2.05, 4.69) is 15.3 Å². The van der Waals surface area contributed by atoms with Crippen LogP contribution < -0.4 is 11.1 Å². The molecule has 1 aromatic heterocycles. The zero-order chi connectivity index (χ0) is 25.3. The number of nitrogens with zero attached hydrogens (tertiary/aromatic N) is 1. The standard InChI is InChI=1S/C27H26Cl2N4O2/c1-27(2,3)26(35)31-14-16-6-9-18(19(10-16)25(30)34)17-7-4-15(5-8-17)11-24-32-22-12-20(28)21(29)13-23(22)33-24/h4-10,12-13H,11,14H2,1-3H3,(H2,30,34)(H,31,35)(H,32,33). The highest BCUT2D eigenvalue weighted by molar-refractivity contribution is 6.42. The predicted molar refractivity (Wildman–Crippen MR) is 141 cm³/mol. The fraction of sp³-hybridized carbons (Fsp3) is 0.222. The Morgan fingerprint density at radius 1 is 0.971 bits per heavy atom. The molecule has 0 fully saturated rings. The van der Waals surface area contributed by atoms with Crippen molar-refractivity contribution in [3.05, 3.63) is 87.2 Å². The minimum Gasteiger partial charge on any atom is -0.366 e. The number of halogens is 2. The number of benzene rings is 3. The number of hydrogen-bond donors (Lipinski definition) is 3. The number of fused-ring (bicyclic) bond motifs is 1. The van der Waals surface area contributed by atoms with Gasteiger partial charge in [-0.25, -0.2) is 4.98 Å². The van der Waals surface area contributed by atoms with E-state index in [1.54, 1.807) is 18.2 Å². The molecule has 3 aromatic carbocycles. The summed E-state index contributed by atoms with van der Waals surface area (Å²) < 4.78 is 0. The summed E-state index contributed by atoms with van der Waals surface area (Å²) in [6, 6.07) is 16.9. The van der Waals surface area contributed by atoms with Crippen molar-refractivity contribution >= 4 is 46.0 Å². The maximum Gasteiger partial charge on any atom is 0.249 e. The van der Waals surface area contributed by atoms with Crippen LogP contribution in [0.4, 0.5) is 0 Å². The quantitative estimate of drug-likeness (QED) is 0.302. The third kappa shape index (κ3) is 5.66. The van der Waals surface area contributed by atoms with Gasteiger partial charge < -0.3 is 16.0 Å². The Bertz CT molecular complexity index is 1380. The van der Waals surface area contributed by atoms with Crippen molar-refractivity contribution in [2.45, 2.75) is 33.7 Å². The van der Waals surface area contributed by atoms with E-state index >= 15 is 0 Å². The SMILES string of the molecule is CC(C)(C)C(=O)NCc1ccc(-c2ccc(Cc3nc4cc(Cl)c(Cl)cc4[nH]3)cc2)c(C(N)=O)c1. The molecule has 0 aliphatic carbocycles. The summed E-state index contributed by atoms with van der Waals surface area (Å²) in [6.45, 7) is 5.87. The van der Waals surface area contributed by atoms with E-state index in [4.69, 9.17) is 28.9 Å². The van der Waals surface area contributed by atoms with E-state index in [0.717, 1.165) is 39.1 Å². The molecule has 8 heteroatoms. The number of carbonyl (C=O) groups is 2. The van der Waals surface area contributed by atoms with Crippen molar-refractivity contribution in [1.82, 2.24) is 15.3 Å². The minimum atomic E-state index is -0.521. The molecule has 180 valence electrons. The lowest BCUT2D eigenvalue weighted by Crippen LogP contribution is -2.34. The molecule has 4 rings (SSSR count). The second-order valence-electron chi connectivity index (χ2n) is 9.52. The second kappa shape index (κ2) is 9.72. The molecule has 0 spiro atoms.